The molecule has 1 atom stereocenters. The molecule has 4 rings (SSSR count). The maximum absolute atomic E-state index is 12.9. The van der Waals surface area contributed by atoms with E-state index in [1.165, 1.54) is 11.8 Å². The van der Waals surface area contributed by atoms with Crippen molar-refractivity contribution >= 4 is 34.3 Å². The Balaban J connectivity index is 1.94. The standard InChI is InChI=1S/C21H17N3O2S/c1-3-11-27-21-23-20(26)18-16(12-17(25)22-19(18)24(21)2)15-10-6-8-13-7-4-5-9-14(13)15/h1,4-10,16H,11-12H2,2H3,(H,22,25). The summed E-state index contributed by atoms with van der Waals surface area (Å²) in [5, 5.41) is 5.47. The molecule has 3 aromatic rings. The fourth-order valence-electron chi connectivity index (χ4n) is 3.59. The van der Waals surface area contributed by atoms with Crippen molar-refractivity contribution in [3.63, 3.8) is 0 Å². The highest BCUT2D eigenvalue weighted by Crippen LogP contribution is 2.38. The molecule has 1 amide bonds. The molecule has 0 bridgehead atoms. The zero-order chi connectivity index (χ0) is 19.0. The van der Waals surface area contributed by atoms with E-state index >= 15 is 0 Å². The van der Waals surface area contributed by atoms with Crippen molar-refractivity contribution in [1.82, 2.24) is 9.55 Å². The van der Waals surface area contributed by atoms with Gasteiger partial charge in [-0.05, 0) is 16.3 Å². The lowest BCUT2D eigenvalue weighted by atomic mass is 9.84. The molecule has 0 saturated heterocycles. The zero-order valence-corrected chi connectivity index (χ0v) is 15.5. The molecule has 0 spiro atoms. The summed E-state index contributed by atoms with van der Waals surface area (Å²) in [7, 11) is 1.79. The van der Waals surface area contributed by atoms with Gasteiger partial charge in [0.15, 0.2) is 5.16 Å². The number of hydrogen-bond acceptors (Lipinski definition) is 4. The molecule has 1 aliphatic rings. The molecule has 5 nitrogen and oxygen atoms in total. The van der Waals surface area contributed by atoms with Crippen LogP contribution in [0.5, 0.6) is 0 Å². The van der Waals surface area contributed by atoms with Crippen LogP contribution in [0.15, 0.2) is 52.4 Å². The Morgan fingerprint density at radius 2 is 2.04 bits per heavy atom. The largest absolute Gasteiger partial charge is 0.312 e. The van der Waals surface area contributed by atoms with Crippen LogP contribution in [0, 0.1) is 12.3 Å². The number of aromatic nitrogens is 2. The van der Waals surface area contributed by atoms with E-state index in [0.717, 1.165) is 16.3 Å². The van der Waals surface area contributed by atoms with Gasteiger partial charge in [0.25, 0.3) is 5.56 Å². The second kappa shape index (κ2) is 6.93. The smallest absolute Gasteiger partial charge is 0.279 e. The van der Waals surface area contributed by atoms with Crippen LogP contribution >= 0.6 is 11.8 Å². The van der Waals surface area contributed by atoms with Gasteiger partial charge in [-0.1, -0.05) is 60.1 Å². The summed E-state index contributed by atoms with van der Waals surface area (Å²) in [6, 6.07) is 14.0. The third kappa shape index (κ3) is 3.00. The zero-order valence-electron chi connectivity index (χ0n) is 14.7. The fraction of sp³-hybridized carbons (Fsp3) is 0.190. The summed E-state index contributed by atoms with van der Waals surface area (Å²) in [4.78, 5) is 29.6. The average Bonchev–Trinajstić information content (AvgIpc) is 2.68. The number of amides is 1. The lowest BCUT2D eigenvalue weighted by Gasteiger charge is -2.28. The monoisotopic (exact) mass is 375 g/mol. The van der Waals surface area contributed by atoms with Crippen LogP contribution < -0.4 is 10.9 Å². The van der Waals surface area contributed by atoms with Gasteiger partial charge in [0.05, 0.1) is 11.3 Å². The van der Waals surface area contributed by atoms with Crippen LogP contribution in [0.1, 0.15) is 23.5 Å². The second-order valence-corrected chi connectivity index (χ2v) is 7.33. The van der Waals surface area contributed by atoms with Crippen LogP contribution in [0.2, 0.25) is 0 Å². The molecule has 1 N–H and O–H groups in total. The maximum atomic E-state index is 12.9. The molecular weight excluding hydrogens is 358 g/mol. The third-order valence-electron chi connectivity index (χ3n) is 4.78. The number of thioether (sulfide) groups is 1. The molecule has 2 aromatic carbocycles. The fourth-order valence-corrected chi connectivity index (χ4v) is 4.24. The summed E-state index contributed by atoms with van der Waals surface area (Å²) >= 11 is 1.30. The third-order valence-corrected chi connectivity index (χ3v) is 5.72. The SMILES string of the molecule is C#CCSc1nc(=O)c2c(n1C)NC(=O)CC2c1cccc2ccccc12. The normalized spacial score (nSPS) is 15.9. The lowest BCUT2D eigenvalue weighted by molar-refractivity contribution is -0.116. The molecule has 0 radical (unpaired) electrons. The molecule has 6 heteroatoms. The number of nitrogens with one attached hydrogen (secondary N) is 1. The Hall–Kier alpha value is -3.04. The number of rotatable bonds is 3. The highest BCUT2D eigenvalue weighted by molar-refractivity contribution is 7.99. The van der Waals surface area contributed by atoms with Crippen molar-refractivity contribution in [2.75, 3.05) is 11.1 Å². The van der Waals surface area contributed by atoms with Crippen LogP contribution in [-0.4, -0.2) is 21.2 Å². The number of hydrogen-bond donors (Lipinski definition) is 1. The van der Waals surface area contributed by atoms with Crippen LogP contribution in [0.4, 0.5) is 5.82 Å². The van der Waals surface area contributed by atoms with Crippen molar-refractivity contribution in [2.24, 2.45) is 7.05 Å². The summed E-state index contributed by atoms with van der Waals surface area (Å²) < 4.78 is 1.74. The predicted molar refractivity (Wildman–Crippen MR) is 108 cm³/mol. The Kier molecular flexibility index (Phi) is 4.46. The van der Waals surface area contributed by atoms with Crippen molar-refractivity contribution in [3.05, 3.63) is 63.9 Å². The van der Waals surface area contributed by atoms with Crippen LogP contribution in [0.25, 0.3) is 10.8 Å². The van der Waals surface area contributed by atoms with Gasteiger partial charge in [0.1, 0.15) is 5.82 Å². The van der Waals surface area contributed by atoms with Gasteiger partial charge in [-0.3, -0.25) is 9.59 Å². The quantitative estimate of drug-likeness (QED) is 0.434. The summed E-state index contributed by atoms with van der Waals surface area (Å²) in [6.45, 7) is 0. The van der Waals surface area contributed by atoms with E-state index in [1.807, 2.05) is 42.5 Å². The topological polar surface area (TPSA) is 64.0 Å². The molecule has 1 unspecified atom stereocenters. The molecular formula is C21H17N3O2S. The van der Waals surface area contributed by atoms with E-state index in [4.69, 9.17) is 6.42 Å². The molecule has 0 aliphatic carbocycles. The first-order valence-electron chi connectivity index (χ1n) is 8.55. The Bertz CT molecular complexity index is 1160. The molecule has 134 valence electrons. The van der Waals surface area contributed by atoms with Gasteiger partial charge in [0.2, 0.25) is 5.91 Å². The first kappa shape index (κ1) is 17.4. The van der Waals surface area contributed by atoms with E-state index in [-0.39, 0.29) is 23.8 Å². The second-order valence-electron chi connectivity index (χ2n) is 6.39. The first-order chi connectivity index (χ1) is 13.1. The minimum atomic E-state index is -0.335. The van der Waals surface area contributed by atoms with Crippen LogP contribution in [-0.2, 0) is 11.8 Å². The summed E-state index contributed by atoms with van der Waals surface area (Å²) in [5.74, 6) is 2.98. The molecule has 27 heavy (non-hydrogen) atoms. The highest BCUT2D eigenvalue weighted by atomic mass is 32.2. The number of benzene rings is 2. The number of terminal acetylenes is 1. The highest BCUT2D eigenvalue weighted by Gasteiger charge is 2.32. The van der Waals surface area contributed by atoms with Crippen molar-refractivity contribution in [3.8, 4) is 12.3 Å². The predicted octanol–water partition coefficient (Wildman–Crippen LogP) is 3.13. The van der Waals surface area contributed by atoms with Gasteiger partial charge < -0.3 is 9.88 Å². The van der Waals surface area contributed by atoms with Gasteiger partial charge in [0, 0.05) is 19.4 Å². The van der Waals surface area contributed by atoms with Crippen molar-refractivity contribution in [2.45, 2.75) is 17.5 Å². The first-order valence-corrected chi connectivity index (χ1v) is 9.53. The molecule has 1 aliphatic heterocycles. The van der Waals surface area contributed by atoms with Crippen LogP contribution in [0.3, 0.4) is 0 Å². The number of carbonyl (C=O) groups is 1. The number of nitrogens with zero attached hydrogens (tertiary/aromatic N) is 2. The maximum Gasteiger partial charge on any atom is 0.279 e. The van der Waals surface area contributed by atoms with Gasteiger partial charge in [-0.2, -0.15) is 4.98 Å². The Labute approximate surface area is 160 Å². The molecule has 0 fully saturated rings. The van der Waals surface area contributed by atoms with Gasteiger partial charge >= 0.3 is 0 Å². The van der Waals surface area contributed by atoms with Gasteiger partial charge in [-0.15, -0.1) is 6.42 Å². The molecule has 2 heterocycles. The number of anilines is 1. The van der Waals surface area contributed by atoms with E-state index in [1.54, 1.807) is 11.6 Å². The molecule has 1 aromatic heterocycles. The minimum Gasteiger partial charge on any atom is -0.312 e. The Morgan fingerprint density at radius 3 is 2.85 bits per heavy atom. The molecule has 0 saturated carbocycles. The van der Waals surface area contributed by atoms with E-state index in [2.05, 4.69) is 16.2 Å². The van der Waals surface area contributed by atoms with E-state index in [9.17, 15) is 9.59 Å². The van der Waals surface area contributed by atoms with Crippen molar-refractivity contribution in [1.29, 1.82) is 0 Å². The minimum absolute atomic E-state index is 0.116. The number of carbonyl (C=O) groups excluding carboxylic acids is 1. The van der Waals surface area contributed by atoms with E-state index < -0.39 is 0 Å². The summed E-state index contributed by atoms with van der Waals surface area (Å²) in [5.41, 5.74) is 1.17. The Morgan fingerprint density at radius 1 is 1.26 bits per heavy atom. The van der Waals surface area contributed by atoms with E-state index in [0.29, 0.717) is 22.3 Å². The lowest BCUT2D eigenvalue weighted by Crippen LogP contribution is -2.33. The number of fused-ring (bicyclic) bond motifs is 2. The van der Waals surface area contributed by atoms with Crippen molar-refractivity contribution < 1.29 is 4.79 Å². The van der Waals surface area contributed by atoms with Gasteiger partial charge in [-0.25, -0.2) is 0 Å². The summed E-state index contributed by atoms with van der Waals surface area (Å²) in [6.07, 6.45) is 5.54. The average molecular weight is 375 g/mol.